The van der Waals surface area contributed by atoms with Crippen molar-refractivity contribution in [3.63, 3.8) is 0 Å². The number of nitrogens with zero attached hydrogens (tertiary/aromatic N) is 2. The molecule has 6 heteroatoms. The van der Waals surface area contributed by atoms with Crippen molar-refractivity contribution < 1.29 is 18.3 Å². The third-order valence-electron chi connectivity index (χ3n) is 2.09. The molecule has 1 rings (SSSR count). The quantitative estimate of drug-likeness (QED) is 0.846. The Morgan fingerprint density at radius 3 is 2.53 bits per heavy atom. The molecule has 1 atom stereocenters. The second-order valence-corrected chi connectivity index (χ2v) is 3.53. The van der Waals surface area contributed by atoms with E-state index in [0.29, 0.717) is 18.5 Å². The van der Waals surface area contributed by atoms with Gasteiger partial charge >= 0.3 is 6.18 Å². The van der Waals surface area contributed by atoms with Gasteiger partial charge in [-0.3, -0.25) is 4.68 Å². The fraction of sp³-hybridized carbons (Fsp3) is 0.667. The van der Waals surface area contributed by atoms with Crippen molar-refractivity contribution in [2.45, 2.75) is 32.0 Å². The minimum absolute atomic E-state index is 0.386. The van der Waals surface area contributed by atoms with Crippen LogP contribution in [0.3, 0.4) is 0 Å². The minimum atomic E-state index is -4.40. The molecule has 1 heterocycles. The van der Waals surface area contributed by atoms with E-state index >= 15 is 0 Å². The fourth-order valence-electron chi connectivity index (χ4n) is 1.24. The molecule has 1 N–H and O–H groups in total. The normalized spacial score (nSPS) is 14.3. The monoisotopic (exact) mass is 222 g/mol. The van der Waals surface area contributed by atoms with Crippen LogP contribution < -0.4 is 0 Å². The van der Waals surface area contributed by atoms with Crippen LogP contribution in [0.25, 0.3) is 0 Å². The molecule has 0 aliphatic carbocycles. The van der Waals surface area contributed by atoms with Crippen LogP contribution in [0, 0.1) is 0 Å². The summed E-state index contributed by atoms with van der Waals surface area (Å²) in [5, 5.41) is 12.4. The molecule has 0 fully saturated rings. The van der Waals surface area contributed by atoms with Gasteiger partial charge in [0.05, 0.1) is 6.10 Å². The van der Waals surface area contributed by atoms with Gasteiger partial charge in [0.25, 0.3) is 0 Å². The van der Waals surface area contributed by atoms with Crippen LogP contribution in [0.4, 0.5) is 13.2 Å². The molecule has 15 heavy (non-hydrogen) atoms. The van der Waals surface area contributed by atoms with Crippen LogP contribution in [-0.4, -0.2) is 21.0 Å². The molecule has 0 saturated carbocycles. The predicted molar refractivity (Wildman–Crippen MR) is 48.2 cm³/mol. The largest absolute Gasteiger partial charge is 0.435 e. The molecule has 0 aliphatic heterocycles. The predicted octanol–water partition coefficient (Wildman–Crippen LogP) is 1.75. The number of rotatable bonds is 3. The van der Waals surface area contributed by atoms with Crippen LogP contribution in [0.15, 0.2) is 6.07 Å². The first-order valence-corrected chi connectivity index (χ1v) is 4.59. The lowest BCUT2D eigenvalue weighted by Gasteiger charge is -2.03. The number of alkyl halides is 3. The summed E-state index contributed by atoms with van der Waals surface area (Å²) in [6.45, 7) is 1.60. The van der Waals surface area contributed by atoms with Gasteiger partial charge in [0.2, 0.25) is 0 Å². The van der Waals surface area contributed by atoms with Crippen molar-refractivity contribution in [3.05, 3.63) is 17.5 Å². The van der Waals surface area contributed by atoms with E-state index in [1.807, 2.05) is 0 Å². The van der Waals surface area contributed by atoms with Gasteiger partial charge < -0.3 is 5.11 Å². The lowest BCUT2D eigenvalue weighted by molar-refractivity contribution is -0.141. The summed E-state index contributed by atoms with van der Waals surface area (Å²) in [7, 11) is 1.46. The van der Waals surface area contributed by atoms with Gasteiger partial charge in [-0.25, -0.2) is 0 Å². The zero-order valence-corrected chi connectivity index (χ0v) is 8.54. The van der Waals surface area contributed by atoms with Gasteiger partial charge in [0, 0.05) is 12.7 Å². The van der Waals surface area contributed by atoms with Crippen LogP contribution >= 0.6 is 0 Å². The zero-order chi connectivity index (χ0) is 11.6. The fourth-order valence-corrected chi connectivity index (χ4v) is 1.24. The lowest BCUT2D eigenvalue weighted by atomic mass is 10.1. The van der Waals surface area contributed by atoms with Crippen LogP contribution in [0.5, 0.6) is 0 Å². The van der Waals surface area contributed by atoms with Crippen molar-refractivity contribution in [1.29, 1.82) is 0 Å². The Balaban J connectivity index is 2.78. The van der Waals surface area contributed by atoms with Gasteiger partial charge in [-0.05, 0) is 25.8 Å². The molecule has 86 valence electrons. The Labute approximate surface area is 85.5 Å². The zero-order valence-electron chi connectivity index (χ0n) is 8.54. The molecule has 0 aromatic carbocycles. The maximum absolute atomic E-state index is 12.3. The molecule has 0 saturated heterocycles. The number of aromatic nitrogens is 2. The Hall–Kier alpha value is -1.04. The van der Waals surface area contributed by atoms with Crippen LogP contribution in [-0.2, 0) is 19.6 Å². The average Bonchev–Trinajstić information content (AvgIpc) is 2.42. The summed E-state index contributed by atoms with van der Waals surface area (Å²) >= 11 is 0. The molecule has 1 aromatic rings. The molecule has 0 aliphatic rings. The second kappa shape index (κ2) is 4.22. The third kappa shape index (κ3) is 3.23. The maximum Gasteiger partial charge on any atom is 0.435 e. The summed E-state index contributed by atoms with van der Waals surface area (Å²) in [4.78, 5) is 0. The minimum Gasteiger partial charge on any atom is -0.393 e. The number of aliphatic hydroxyl groups excluding tert-OH is 1. The summed E-state index contributed by atoms with van der Waals surface area (Å²) in [6, 6.07) is 1.02. The van der Waals surface area contributed by atoms with Crippen molar-refractivity contribution in [2.75, 3.05) is 0 Å². The van der Waals surface area contributed by atoms with E-state index in [4.69, 9.17) is 5.11 Å². The molecular weight excluding hydrogens is 209 g/mol. The van der Waals surface area contributed by atoms with E-state index in [9.17, 15) is 13.2 Å². The van der Waals surface area contributed by atoms with Gasteiger partial charge in [0.1, 0.15) is 0 Å². The molecule has 1 aromatic heterocycles. The summed E-state index contributed by atoms with van der Waals surface area (Å²) in [6.07, 6.45) is -4.11. The van der Waals surface area contributed by atoms with Gasteiger partial charge in [-0.1, -0.05) is 0 Å². The molecule has 0 bridgehead atoms. The van der Waals surface area contributed by atoms with Crippen molar-refractivity contribution in [1.82, 2.24) is 9.78 Å². The molecule has 0 spiro atoms. The first-order chi connectivity index (χ1) is 6.80. The second-order valence-electron chi connectivity index (χ2n) is 3.53. The van der Waals surface area contributed by atoms with Gasteiger partial charge in [-0.15, -0.1) is 0 Å². The van der Waals surface area contributed by atoms with Gasteiger partial charge in [-0.2, -0.15) is 18.3 Å². The Morgan fingerprint density at radius 2 is 2.13 bits per heavy atom. The number of aliphatic hydroxyl groups is 1. The highest BCUT2D eigenvalue weighted by Crippen LogP contribution is 2.28. The Kier molecular flexibility index (Phi) is 3.38. The molecular formula is C9H13F3N2O. The van der Waals surface area contributed by atoms with E-state index in [-0.39, 0.29) is 0 Å². The summed E-state index contributed by atoms with van der Waals surface area (Å²) < 4.78 is 38.0. The third-order valence-corrected chi connectivity index (χ3v) is 2.09. The van der Waals surface area contributed by atoms with Crippen LogP contribution in [0.1, 0.15) is 24.7 Å². The SMILES string of the molecule is C[C@H](O)CCc1cc(C(F)(F)F)nn1C. The molecule has 0 radical (unpaired) electrons. The number of halogens is 3. The van der Waals surface area contributed by atoms with E-state index in [2.05, 4.69) is 5.10 Å². The number of hydrogen-bond acceptors (Lipinski definition) is 2. The molecule has 3 nitrogen and oxygen atoms in total. The number of hydrogen-bond donors (Lipinski definition) is 1. The number of aryl methyl sites for hydroxylation is 2. The highest BCUT2D eigenvalue weighted by molar-refractivity contribution is 5.13. The summed E-state index contributed by atoms with van der Waals surface area (Å²) in [5.41, 5.74) is -0.409. The maximum atomic E-state index is 12.3. The standard InChI is InChI=1S/C9H13F3N2O/c1-6(15)3-4-7-5-8(9(10,11)12)13-14(7)2/h5-6,15H,3-4H2,1-2H3/t6-/m0/s1. The van der Waals surface area contributed by atoms with Crippen molar-refractivity contribution >= 4 is 0 Å². The van der Waals surface area contributed by atoms with Gasteiger partial charge in [0.15, 0.2) is 5.69 Å². The highest BCUT2D eigenvalue weighted by Gasteiger charge is 2.34. The van der Waals surface area contributed by atoms with Crippen molar-refractivity contribution in [2.24, 2.45) is 7.05 Å². The highest BCUT2D eigenvalue weighted by atomic mass is 19.4. The Bertz CT molecular complexity index is 331. The van der Waals surface area contributed by atoms with Crippen molar-refractivity contribution in [3.8, 4) is 0 Å². The molecule has 0 unspecified atom stereocenters. The topological polar surface area (TPSA) is 38.1 Å². The first-order valence-electron chi connectivity index (χ1n) is 4.59. The van der Waals surface area contributed by atoms with E-state index in [0.717, 1.165) is 6.07 Å². The first kappa shape index (κ1) is 12.0. The molecule has 0 amide bonds. The van der Waals surface area contributed by atoms with Crippen LogP contribution in [0.2, 0.25) is 0 Å². The average molecular weight is 222 g/mol. The summed E-state index contributed by atoms with van der Waals surface area (Å²) in [5.74, 6) is 0. The Morgan fingerprint density at radius 1 is 1.53 bits per heavy atom. The van der Waals surface area contributed by atoms with E-state index in [1.165, 1.54) is 11.7 Å². The smallest absolute Gasteiger partial charge is 0.393 e. The lowest BCUT2D eigenvalue weighted by Crippen LogP contribution is -2.07. The van der Waals surface area contributed by atoms with E-state index < -0.39 is 18.0 Å². The van der Waals surface area contributed by atoms with E-state index in [1.54, 1.807) is 6.92 Å².